The minimum absolute atomic E-state index is 0.0662. The minimum atomic E-state index is -4.60. The van der Waals surface area contributed by atoms with E-state index in [-0.39, 0.29) is 17.3 Å². The third-order valence-corrected chi connectivity index (χ3v) is 2.57. The van der Waals surface area contributed by atoms with Crippen molar-refractivity contribution in [1.29, 1.82) is 0 Å². The zero-order valence-electron chi connectivity index (χ0n) is 9.70. The number of benzene rings is 1. The van der Waals surface area contributed by atoms with Crippen molar-refractivity contribution in [2.24, 2.45) is 15.2 Å². The Morgan fingerprint density at radius 2 is 2.00 bits per heavy atom. The molecular weight excluding hydrogens is 297 g/mol. The van der Waals surface area contributed by atoms with Crippen LogP contribution in [0.1, 0.15) is 5.56 Å². The second kappa shape index (κ2) is 5.04. The van der Waals surface area contributed by atoms with Gasteiger partial charge in [-0.15, -0.1) is 10.2 Å². The molecule has 0 atom stereocenters. The van der Waals surface area contributed by atoms with Gasteiger partial charge in [-0.05, 0) is 18.2 Å². The van der Waals surface area contributed by atoms with Gasteiger partial charge in [0.05, 0.1) is 16.3 Å². The first-order chi connectivity index (χ1) is 9.27. The average molecular weight is 303 g/mol. The van der Waals surface area contributed by atoms with Crippen LogP contribution < -0.4 is 5.32 Å². The van der Waals surface area contributed by atoms with Crippen molar-refractivity contribution >= 4 is 29.2 Å². The lowest BCUT2D eigenvalue weighted by Crippen LogP contribution is -2.32. The average Bonchev–Trinajstić information content (AvgIpc) is 2.35. The fourth-order valence-electron chi connectivity index (χ4n) is 1.32. The van der Waals surface area contributed by atoms with Crippen molar-refractivity contribution in [3.05, 3.63) is 41.1 Å². The van der Waals surface area contributed by atoms with Crippen LogP contribution in [0.3, 0.4) is 0 Å². The molecule has 1 aliphatic heterocycles. The van der Waals surface area contributed by atoms with E-state index < -0.39 is 22.7 Å². The number of azo groups is 1. The molecule has 1 N–H and O–H groups in total. The first-order valence-corrected chi connectivity index (χ1v) is 5.52. The second-order valence-corrected chi connectivity index (χ2v) is 4.11. The maximum Gasteiger partial charge on any atom is 0.417 e. The van der Waals surface area contributed by atoms with E-state index in [2.05, 4.69) is 27.1 Å². The van der Waals surface area contributed by atoms with Crippen LogP contribution in [0, 0.1) is 0 Å². The van der Waals surface area contributed by atoms with Gasteiger partial charge in [-0.3, -0.25) is 10.1 Å². The van der Waals surface area contributed by atoms with Crippen LogP contribution >= 0.6 is 11.6 Å². The molecule has 2 rings (SSSR count). The van der Waals surface area contributed by atoms with E-state index in [9.17, 15) is 18.0 Å². The van der Waals surface area contributed by atoms with Crippen LogP contribution in [0.25, 0.3) is 0 Å². The highest BCUT2D eigenvalue weighted by molar-refractivity contribution is 6.31. The summed E-state index contributed by atoms with van der Waals surface area (Å²) in [5, 5.41) is 8.70. The summed E-state index contributed by atoms with van der Waals surface area (Å²) < 4.78 is 38.0. The lowest BCUT2D eigenvalue weighted by atomic mass is 10.2. The van der Waals surface area contributed by atoms with Crippen molar-refractivity contribution in [2.45, 2.75) is 6.18 Å². The molecule has 0 aliphatic carbocycles. The van der Waals surface area contributed by atoms with E-state index in [1.54, 1.807) is 0 Å². The third kappa shape index (κ3) is 3.02. The molecule has 0 saturated carbocycles. The van der Waals surface area contributed by atoms with Crippen molar-refractivity contribution in [1.82, 2.24) is 5.32 Å². The van der Waals surface area contributed by atoms with Crippen LogP contribution in [-0.2, 0) is 11.0 Å². The smallest absolute Gasteiger partial charge is 0.288 e. The first-order valence-electron chi connectivity index (χ1n) is 5.15. The van der Waals surface area contributed by atoms with Crippen molar-refractivity contribution in [3.8, 4) is 0 Å². The molecule has 1 aliphatic rings. The molecule has 1 amide bonds. The van der Waals surface area contributed by atoms with Gasteiger partial charge < -0.3 is 0 Å². The fraction of sp³-hybridized carbons (Fsp3) is 0.0909. The largest absolute Gasteiger partial charge is 0.417 e. The highest BCUT2D eigenvalue weighted by atomic mass is 35.5. The van der Waals surface area contributed by atoms with Gasteiger partial charge in [0.1, 0.15) is 5.70 Å². The predicted molar refractivity (Wildman–Crippen MR) is 65.7 cm³/mol. The molecule has 0 spiro atoms. The normalized spacial score (nSPS) is 17.5. The highest BCUT2D eigenvalue weighted by Crippen LogP contribution is 2.36. The van der Waals surface area contributed by atoms with Crippen LogP contribution in [0.15, 0.2) is 45.7 Å². The summed E-state index contributed by atoms with van der Waals surface area (Å²) >= 11 is 5.47. The standard InChI is InChI=1S/C11H6ClF3N4O/c1-5-9(20)17-10(19-18-5)16-6-2-3-8(12)7(4-6)11(13,14)15/h2-4H,1H2,(H,16,17,20). The molecule has 20 heavy (non-hydrogen) atoms. The number of nitrogens with zero attached hydrogens (tertiary/aromatic N) is 3. The SMILES string of the molecule is C=C1N=NC(=Nc2ccc(Cl)c(C(F)(F)F)c2)NC1=O. The second-order valence-electron chi connectivity index (χ2n) is 3.70. The molecule has 0 bridgehead atoms. The van der Waals surface area contributed by atoms with E-state index in [1.807, 2.05) is 0 Å². The van der Waals surface area contributed by atoms with Gasteiger partial charge in [-0.25, -0.2) is 4.99 Å². The Labute approximate surface area is 115 Å². The Kier molecular flexibility index (Phi) is 3.58. The number of guanidine groups is 1. The summed E-state index contributed by atoms with van der Waals surface area (Å²) in [5.41, 5.74) is -1.20. The molecule has 104 valence electrons. The zero-order valence-corrected chi connectivity index (χ0v) is 10.5. The molecule has 9 heteroatoms. The number of nitrogens with one attached hydrogen (secondary N) is 1. The van der Waals surface area contributed by atoms with Crippen LogP contribution in [0.2, 0.25) is 5.02 Å². The summed E-state index contributed by atoms with van der Waals surface area (Å²) in [5.74, 6) is -0.846. The van der Waals surface area contributed by atoms with Gasteiger partial charge in [-0.1, -0.05) is 18.2 Å². The van der Waals surface area contributed by atoms with E-state index in [4.69, 9.17) is 11.6 Å². The van der Waals surface area contributed by atoms with Crippen LogP contribution in [-0.4, -0.2) is 11.9 Å². The summed E-state index contributed by atoms with van der Waals surface area (Å²) in [6.07, 6.45) is -4.60. The lowest BCUT2D eigenvalue weighted by molar-refractivity contribution is -0.137. The predicted octanol–water partition coefficient (Wildman–Crippen LogP) is 3.44. The molecule has 0 unspecified atom stereocenters. The molecule has 1 aromatic rings. The van der Waals surface area contributed by atoms with Gasteiger partial charge in [-0.2, -0.15) is 13.2 Å². The van der Waals surface area contributed by atoms with E-state index >= 15 is 0 Å². The highest BCUT2D eigenvalue weighted by Gasteiger charge is 2.33. The molecule has 0 saturated heterocycles. The van der Waals surface area contributed by atoms with E-state index in [0.717, 1.165) is 12.1 Å². The number of carbonyl (C=O) groups excluding carboxylic acids is 1. The molecule has 1 heterocycles. The number of aliphatic imine (C=N–C) groups is 1. The van der Waals surface area contributed by atoms with Gasteiger partial charge >= 0.3 is 6.18 Å². The molecule has 5 nitrogen and oxygen atoms in total. The minimum Gasteiger partial charge on any atom is -0.288 e. The topological polar surface area (TPSA) is 66.2 Å². The number of amides is 1. The molecule has 0 aromatic heterocycles. The Morgan fingerprint density at radius 3 is 2.60 bits per heavy atom. The molecule has 0 radical (unpaired) electrons. The maximum atomic E-state index is 12.7. The van der Waals surface area contributed by atoms with Crippen molar-refractivity contribution in [3.63, 3.8) is 0 Å². The summed E-state index contributed by atoms with van der Waals surface area (Å²) in [6, 6.07) is 3.07. The maximum absolute atomic E-state index is 12.7. The van der Waals surface area contributed by atoms with Crippen LogP contribution in [0.4, 0.5) is 18.9 Å². The fourth-order valence-corrected chi connectivity index (χ4v) is 1.55. The molecule has 1 aromatic carbocycles. The van der Waals surface area contributed by atoms with Crippen LogP contribution in [0.5, 0.6) is 0 Å². The van der Waals surface area contributed by atoms with E-state index in [0.29, 0.717) is 0 Å². The molecule has 0 fully saturated rings. The Hall–Kier alpha value is -2.22. The summed E-state index contributed by atoms with van der Waals surface area (Å²) in [7, 11) is 0. The summed E-state index contributed by atoms with van der Waals surface area (Å²) in [4.78, 5) is 15.0. The zero-order chi connectivity index (χ0) is 14.9. The quantitative estimate of drug-likeness (QED) is 0.793. The Balaban J connectivity index is 2.38. The number of alkyl halides is 3. The number of carbonyl (C=O) groups is 1. The van der Waals surface area contributed by atoms with Crippen molar-refractivity contribution < 1.29 is 18.0 Å². The molecular formula is C11H6ClF3N4O. The number of hydrogen-bond donors (Lipinski definition) is 1. The Morgan fingerprint density at radius 1 is 1.30 bits per heavy atom. The number of halogens is 4. The Bertz CT molecular complexity index is 652. The van der Waals surface area contributed by atoms with Crippen molar-refractivity contribution in [2.75, 3.05) is 0 Å². The van der Waals surface area contributed by atoms with Gasteiger partial charge in [0.25, 0.3) is 5.91 Å². The summed E-state index contributed by atoms with van der Waals surface area (Å²) in [6.45, 7) is 3.30. The number of rotatable bonds is 1. The number of hydrogen-bond acceptors (Lipinski definition) is 3. The van der Waals surface area contributed by atoms with Gasteiger partial charge in [0.15, 0.2) is 0 Å². The third-order valence-electron chi connectivity index (χ3n) is 2.24. The van der Waals surface area contributed by atoms with E-state index in [1.165, 1.54) is 6.07 Å². The first kappa shape index (κ1) is 14.2. The lowest BCUT2D eigenvalue weighted by Gasteiger charge is -2.10. The van der Waals surface area contributed by atoms with Gasteiger partial charge in [0.2, 0.25) is 5.96 Å². The van der Waals surface area contributed by atoms with Gasteiger partial charge in [0, 0.05) is 0 Å². The monoisotopic (exact) mass is 302 g/mol.